The Morgan fingerprint density at radius 3 is 3.00 bits per heavy atom. The molecule has 0 aromatic heterocycles. The molecule has 2 rings (SSSR count). The minimum absolute atomic E-state index is 0.300. The molecule has 3 atom stereocenters. The van der Waals surface area contributed by atoms with Gasteiger partial charge in [0.05, 0.1) is 6.61 Å². The summed E-state index contributed by atoms with van der Waals surface area (Å²) in [4.78, 5) is 0. The quantitative estimate of drug-likeness (QED) is 0.492. The van der Waals surface area contributed by atoms with E-state index in [0.717, 1.165) is 0 Å². The lowest BCUT2D eigenvalue weighted by molar-refractivity contribution is -0.0546. The van der Waals surface area contributed by atoms with Crippen molar-refractivity contribution < 1.29 is 19.7 Å². The van der Waals surface area contributed by atoms with Crippen molar-refractivity contribution >= 4 is 0 Å². The highest BCUT2D eigenvalue weighted by molar-refractivity contribution is 5.29. The Bertz CT molecular complexity index is 287. The van der Waals surface area contributed by atoms with Gasteiger partial charge in [0, 0.05) is 0 Å². The maximum absolute atomic E-state index is 9.56. The van der Waals surface area contributed by atoms with Crippen molar-refractivity contribution in [1.82, 2.24) is 0 Å². The molecule has 4 nitrogen and oxygen atoms in total. The van der Waals surface area contributed by atoms with E-state index < -0.39 is 17.8 Å². The van der Waals surface area contributed by atoms with Crippen LogP contribution in [0, 0.1) is 12.0 Å². The molecule has 0 aromatic carbocycles. The molecule has 0 radical (unpaired) electrons. The Morgan fingerprint density at radius 2 is 2.42 bits per heavy atom. The number of aliphatic hydroxyl groups is 2. The third kappa shape index (κ3) is 0.697. The number of rotatable bonds is 1. The van der Waals surface area contributed by atoms with Gasteiger partial charge >= 0.3 is 0 Å². The van der Waals surface area contributed by atoms with Gasteiger partial charge in [0.25, 0.3) is 0 Å². The molecular weight excluding hydrogens is 160 g/mol. The SMILES string of the molecule is C=C1O[C@@]2(CO)C#CO[C@@H]1[C@@H]2O. The van der Waals surface area contributed by atoms with E-state index in [1.165, 1.54) is 0 Å². The first-order valence-electron chi connectivity index (χ1n) is 3.54. The van der Waals surface area contributed by atoms with E-state index in [9.17, 15) is 5.11 Å². The van der Waals surface area contributed by atoms with E-state index in [-0.39, 0.29) is 6.61 Å². The van der Waals surface area contributed by atoms with Gasteiger partial charge in [-0.3, -0.25) is 0 Å². The fraction of sp³-hybridized carbons (Fsp3) is 0.500. The molecular formula is C8H8O4. The Morgan fingerprint density at radius 1 is 1.67 bits per heavy atom. The molecule has 0 amide bonds. The Balaban J connectivity index is 2.42. The summed E-state index contributed by atoms with van der Waals surface area (Å²) in [5.41, 5.74) is -1.21. The van der Waals surface area contributed by atoms with Gasteiger partial charge in [-0.2, -0.15) is 0 Å². The first-order valence-corrected chi connectivity index (χ1v) is 3.54. The van der Waals surface area contributed by atoms with E-state index >= 15 is 0 Å². The van der Waals surface area contributed by atoms with Gasteiger partial charge in [-0.1, -0.05) is 6.58 Å². The smallest absolute Gasteiger partial charge is 0.224 e. The van der Waals surface area contributed by atoms with Crippen LogP contribution < -0.4 is 0 Å². The molecule has 2 aliphatic rings. The van der Waals surface area contributed by atoms with Crippen LogP contribution >= 0.6 is 0 Å². The summed E-state index contributed by atoms with van der Waals surface area (Å²) in [6, 6.07) is 0. The molecule has 0 aromatic rings. The lowest BCUT2D eigenvalue weighted by atomic mass is 9.96. The molecule has 1 fully saturated rings. The van der Waals surface area contributed by atoms with Crippen molar-refractivity contribution in [2.45, 2.75) is 17.8 Å². The predicted molar refractivity (Wildman–Crippen MR) is 38.7 cm³/mol. The molecule has 0 saturated carbocycles. The van der Waals surface area contributed by atoms with Crippen LogP contribution in [0.4, 0.5) is 0 Å². The molecule has 2 bridgehead atoms. The third-order valence-corrected chi connectivity index (χ3v) is 2.08. The molecule has 4 heteroatoms. The largest absolute Gasteiger partial charge is 0.470 e. The van der Waals surface area contributed by atoms with E-state index in [4.69, 9.17) is 14.6 Å². The zero-order valence-electron chi connectivity index (χ0n) is 6.28. The van der Waals surface area contributed by atoms with Crippen molar-refractivity contribution in [3.8, 4) is 12.0 Å². The molecule has 12 heavy (non-hydrogen) atoms. The van der Waals surface area contributed by atoms with Crippen LogP contribution in [0.1, 0.15) is 0 Å². The summed E-state index contributed by atoms with van der Waals surface area (Å²) in [6.07, 6.45) is 0.769. The summed E-state index contributed by atoms with van der Waals surface area (Å²) in [5, 5.41) is 18.5. The highest BCUT2D eigenvalue weighted by Gasteiger charge is 2.54. The van der Waals surface area contributed by atoms with Crippen LogP contribution in [-0.2, 0) is 9.47 Å². The van der Waals surface area contributed by atoms with Gasteiger partial charge in [0.15, 0.2) is 12.2 Å². The number of fused-ring (bicyclic) bond motifs is 2. The highest BCUT2D eigenvalue weighted by atomic mass is 16.6. The third-order valence-electron chi connectivity index (χ3n) is 2.08. The summed E-state index contributed by atoms with van der Waals surface area (Å²) in [5.74, 6) is 2.80. The molecule has 0 spiro atoms. The minimum Gasteiger partial charge on any atom is -0.470 e. The van der Waals surface area contributed by atoms with Crippen molar-refractivity contribution in [2.24, 2.45) is 0 Å². The number of ether oxygens (including phenoxy) is 2. The van der Waals surface area contributed by atoms with Crippen LogP contribution in [0.2, 0.25) is 0 Å². The summed E-state index contributed by atoms with van der Waals surface area (Å²) in [6.45, 7) is 3.18. The maximum Gasteiger partial charge on any atom is 0.224 e. The predicted octanol–water partition coefficient (Wildman–Crippen LogP) is -1.02. The van der Waals surface area contributed by atoms with Crippen molar-refractivity contribution in [3.05, 3.63) is 12.3 Å². The van der Waals surface area contributed by atoms with Gasteiger partial charge < -0.3 is 19.7 Å². The average Bonchev–Trinajstić information content (AvgIpc) is 2.23. The van der Waals surface area contributed by atoms with Gasteiger partial charge in [-0.25, -0.2) is 0 Å². The van der Waals surface area contributed by atoms with Crippen LogP contribution in [0.5, 0.6) is 0 Å². The van der Waals surface area contributed by atoms with Gasteiger partial charge in [-0.15, -0.1) is 0 Å². The second-order valence-corrected chi connectivity index (χ2v) is 2.83. The van der Waals surface area contributed by atoms with Crippen LogP contribution in [0.15, 0.2) is 12.3 Å². The first kappa shape index (κ1) is 7.47. The van der Waals surface area contributed by atoms with E-state index in [1.54, 1.807) is 0 Å². The Hall–Kier alpha value is -1.18. The first-order chi connectivity index (χ1) is 5.69. The second kappa shape index (κ2) is 2.16. The summed E-state index contributed by atoms with van der Waals surface area (Å²) >= 11 is 0. The van der Waals surface area contributed by atoms with Crippen LogP contribution in [0.25, 0.3) is 0 Å². The van der Waals surface area contributed by atoms with Crippen molar-refractivity contribution in [1.29, 1.82) is 0 Å². The lowest BCUT2D eigenvalue weighted by Gasteiger charge is -2.25. The highest BCUT2D eigenvalue weighted by Crippen LogP contribution is 2.36. The van der Waals surface area contributed by atoms with E-state index in [0.29, 0.717) is 5.76 Å². The standard InChI is InChI=1S/C8H8O4/c1-5-6-7(10)8(4-9,12-5)2-3-11-6/h6-7,9-10H,1,4H2/t6-,7-,8+/m0/s1. The van der Waals surface area contributed by atoms with Crippen LogP contribution in [0.3, 0.4) is 0 Å². The van der Waals surface area contributed by atoms with Crippen molar-refractivity contribution in [3.63, 3.8) is 0 Å². The molecule has 0 aliphatic carbocycles. The zero-order chi connectivity index (χ0) is 8.77. The minimum atomic E-state index is -1.21. The fourth-order valence-corrected chi connectivity index (χ4v) is 1.35. The molecule has 0 unspecified atom stereocenters. The number of aliphatic hydroxyl groups excluding tert-OH is 2. The van der Waals surface area contributed by atoms with Gasteiger partial charge in [0.2, 0.25) is 5.60 Å². The van der Waals surface area contributed by atoms with E-state index in [2.05, 4.69) is 18.6 Å². The van der Waals surface area contributed by atoms with Crippen LogP contribution in [-0.4, -0.2) is 34.6 Å². The second-order valence-electron chi connectivity index (χ2n) is 2.83. The maximum atomic E-state index is 9.56. The average molecular weight is 168 g/mol. The van der Waals surface area contributed by atoms with E-state index in [1.807, 2.05) is 0 Å². The molecule has 1 saturated heterocycles. The number of hydrogen-bond acceptors (Lipinski definition) is 4. The Kier molecular flexibility index (Phi) is 1.34. The fourth-order valence-electron chi connectivity index (χ4n) is 1.35. The normalized spacial score (nSPS) is 42.7. The van der Waals surface area contributed by atoms with Crippen molar-refractivity contribution in [2.75, 3.05) is 6.61 Å². The molecule has 64 valence electrons. The lowest BCUT2D eigenvalue weighted by Crippen LogP contribution is -2.47. The number of hydrogen-bond donors (Lipinski definition) is 2. The monoisotopic (exact) mass is 168 g/mol. The summed E-state index contributed by atoms with van der Waals surface area (Å²) in [7, 11) is 0. The zero-order valence-corrected chi connectivity index (χ0v) is 6.28. The Labute approximate surface area is 69.4 Å². The molecule has 2 N–H and O–H groups in total. The van der Waals surface area contributed by atoms with Gasteiger partial charge in [0.1, 0.15) is 11.9 Å². The summed E-state index contributed by atoms with van der Waals surface area (Å²) < 4.78 is 10.0. The molecule has 2 aliphatic heterocycles. The van der Waals surface area contributed by atoms with Gasteiger partial charge in [-0.05, 0) is 5.92 Å². The topological polar surface area (TPSA) is 58.9 Å². The molecule has 2 heterocycles.